The minimum Gasteiger partial charge on any atom is -0.381 e. The number of piperidine rings is 1. The molecule has 4 aromatic rings. The predicted octanol–water partition coefficient (Wildman–Crippen LogP) is 5.96. The van der Waals surface area contributed by atoms with Crippen LogP contribution in [0.2, 0.25) is 5.02 Å². The monoisotopic (exact) mass is 579 g/mol. The van der Waals surface area contributed by atoms with Gasteiger partial charge in [-0.05, 0) is 55.6 Å². The van der Waals surface area contributed by atoms with Gasteiger partial charge in [-0.1, -0.05) is 50.4 Å². The van der Waals surface area contributed by atoms with Crippen molar-refractivity contribution in [1.82, 2.24) is 29.7 Å². The van der Waals surface area contributed by atoms with E-state index in [2.05, 4.69) is 45.4 Å². The number of nitrogens with one attached hydrogen (secondary N) is 1. The van der Waals surface area contributed by atoms with Gasteiger partial charge in [0.15, 0.2) is 0 Å². The number of pyridine rings is 2. The van der Waals surface area contributed by atoms with Gasteiger partial charge in [-0.3, -0.25) is 14.5 Å². The van der Waals surface area contributed by atoms with E-state index in [0.29, 0.717) is 28.2 Å². The van der Waals surface area contributed by atoms with E-state index in [-0.39, 0.29) is 18.0 Å². The molecule has 1 aliphatic heterocycles. The fraction of sp³-hybridized carbons (Fsp3) is 0.567. The fourth-order valence-electron chi connectivity index (χ4n) is 6.57. The van der Waals surface area contributed by atoms with Crippen LogP contribution in [0.3, 0.4) is 0 Å². The number of imidazole rings is 1. The second-order valence-corrected chi connectivity index (χ2v) is 12.5. The standard InChI is InChI=1S/C30H38ClN7O3/c1-17(2)25-12-22(40-4)9-10-37(25)29-34-23-13-24(28-35-30(39)41-36-28)33-26(20-11-21(31)15-32-14-20)27(23)38(29)16-19-7-5-18(3)6-8-19/h11,13-15,17-19,22,25H,5-10,12,16H2,1-4H3,(H,35,36,39). The lowest BCUT2D eigenvalue weighted by Crippen LogP contribution is -2.48. The zero-order valence-electron chi connectivity index (χ0n) is 24.1. The van der Waals surface area contributed by atoms with Crippen LogP contribution < -0.4 is 10.7 Å². The number of anilines is 1. The SMILES string of the molecule is COC1CCN(c2nc3cc(-c4noc(=O)[nH]4)nc(-c4cncc(Cl)c4)c3n2CC2CCC(C)CC2)C(C(C)C)C1. The van der Waals surface area contributed by atoms with Crippen molar-refractivity contribution in [2.24, 2.45) is 17.8 Å². The van der Waals surface area contributed by atoms with Crippen LogP contribution in [0.1, 0.15) is 59.3 Å². The first-order chi connectivity index (χ1) is 19.8. The Hall–Kier alpha value is -3.24. The summed E-state index contributed by atoms with van der Waals surface area (Å²) in [5, 5.41) is 4.43. The van der Waals surface area contributed by atoms with E-state index >= 15 is 0 Å². The molecule has 2 fully saturated rings. The first kappa shape index (κ1) is 27.9. The second kappa shape index (κ2) is 11.6. The topological polar surface area (TPSA) is 115 Å². The maximum atomic E-state index is 11.8. The third-order valence-corrected chi connectivity index (χ3v) is 9.11. The molecule has 41 heavy (non-hydrogen) atoms. The third kappa shape index (κ3) is 5.64. The van der Waals surface area contributed by atoms with Gasteiger partial charge in [-0.15, -0.1) is 0 Å². The van der Waals surface area contributed by atoms with Crippen LogP contribution in [0.5, 0.6) is 0 Å². The van der Waals surface area contributed by atoms with E-state index in [1.807, 2.05) is 19.2 Å². The summed E-state index contributed by atoms with van der Waals surface area (Å²) in [7, 11) is 1.81. The molecule has 0 spiro atoms. The molecule has 0 radical (unpaired) electrons. The number of fused-ring (bicyclic) bond motifs is 1. The highest BCUT2D eigenvalue weighted by atomic mass is 35.5. The highest BCUT2D eigenvalue weighted by Gasteiger charge is 2.35. The highest BCUT2D eigenvalue weighted by molar-refractivity contribution is 6.30. The predicted molar refractivity (Wildman–Crippen MR) is 159 cm³/mol. The number of hydrogen-bond acceptors (Lipinski definition) is 8. The number of H-pyrrole nitrogens is 1. The molecule has 6 rings (SSSR count). The molecule has 4 aromatic heterocycles. The third-order valence-electron chi connectivity index (χ3n) is 8.90. The molecule has 218 valence electrons. The summed E-state index contributed by atoms with van der Waals surface area (Å²) >= 11 is 6.42. The van der Waals surface area contributed by atoms with E-state index < -0.39 is 5.76 Å². The Bertz CT molecular complexity index is 1570. The van der Waals surface area contributed by atoms with Crippen molar-refractivity contribution in [3.63, 3.8) is 0 Å². The quantitative estimate of drug-likeness (QED) is 0.285. The van der Waals surface area contributed by atoms with Crippen molar-refractivity contribution in [2.45, 2.75) is 78.0 Å². The second-order valence-electron chi connectivity index (χ2n) is 12.1. The molecule has 0 amide bonds. The minimum atomic E-state index is -0.633. The van der Waals surface area contributed by atoms with Crippen LogP contribution >= 0.6 is 11.6 Å². The van der Waals surface area contributed by atoms with Gasteiger partial charge in [0.1, 0.15) is 5.69 Å². The number of methoxy groups -OCH3 is 1. The average Bonchev–Trinajstić information content (AvgIpc) is 3.57. The molecule has 0 bridgehead atoms. The summed E-state index contributed by atoms with van der Waals surface area (Å²) in [5.41, 5.74) is 3.67. The van der Waals surface area contributed by atoms with Gasteiger partial charge in [-0.2, -0.15) is 0 Å². The van der Waals surface area contributed by atoms with Crippen molar-refractivity contribution in [3.05, 3.63) is 40.1 Å². The van der Waals surface area contributed by atoms with Crippen LogP contribution in [-0.2, 0) is 11.3 Å². The van der Waals surface area contributed by atoms with Gasteiger partial charge in [-0.25, -0.2) is 14.8 Å². The lowest BCUT2D eigenvalue weighted by molar-refractivity contribution is 0.0632. The Balaban J connectivity index is 1.57. The summed E-state index contributed by atoms with van der Waals surface area (Å²) < 4.78 is 13.0. The zero-order chi connectivity index (χ0) is 28.7. The molecule has 10 nitrogen and oxygen atoms in total. The van der Waals surface area contributed by atoms with E-state index in [1.54, 1.807) is 12.4 Å². The van der Waals surface area contributed by atoms with Crippen LogP contribution in [0, 0.1) is 17.8 Å². The number of hydrogen-bond donors (Lipinski definition) is 1. The molecular formula is C30H38ClN7O3. The molecule has 0 aromatic carbocycles. The summed E-state index contributed by atoms with van der Waals surface area (Å²) in [6.07, 6.45) is 10.4. The summed E-state index contributed by atoms with van der Waals surface area (Å²) in [6.45, 7) is 8.61. The van der Waals surface area contributed by atoms with Crippen molar-refractivity contribution in [1.29, 1.82) is 0 Å². The maximum absolute atomic E-state index is 11.8. The highest BCUT2D eigenvalue weighted by Crippen LogP contribution is 2.39. The number of nitrogens with zero attached hydrogens (tertiary/aromatic N) is 6. The minimum absolute atomic E-state index is 0.238. The Morgan fingerprint density at radius 1 is 1.15 bits per heavy atom. The van der Waals surface area contributed by atoms with Crippen LogP contribution in [0.15, 0.2) is 33.8 Å². The molecule has 5 heterocycles. The van der Waals surface area contributed by atoms with E-state index in [1.165, 1.54) is 25.7 Å². The van der Waals surface area contributed by atoms with Crippen molar-refractivity contribution >= 4 is 28.6 Å². The number of aromatic nitrogens is 6. The van der Waals surface area contributed by atoms with E-state index in [4.69, 9.17) is 30.8 Å². The number of aromatic amines is 1. The molecular weight excluding hydrogens is 542 g/mol. The Morgan fingerprint density at radius 2 is 1.95 bits per heavy atom. The van der Waals surface area contributed by atoms with E-state index in [0.717, 1.165) is 54.4 Å². The Morgan fingerprint density at radius 3 is 2.63 bits per heavy atom. The first-order valence-corrected chi connectivity index (χ1v) is 15.1. The Kier molecular flexibility index (Phi) is 7.87. The lowest BCUT2D eigenvalue weighted by atomic mass is 9.83. The largest absolute Gasteiger partial charge is 0.439 e. The van der Waals surface area contributed by atoms with Crippen molar-refractivity contribution in [3.8, 4) is 22.8 Å². The molecule has 2 aliphatic rings. The van der Waals surface area contributed by atoms with Crippen LogP contribution in [-0.4, -0.2) is 55.5 Å². The normalized spacial score (nSPS) is 23.5. The van der Waals surface area contributed by atoms with Gasteiger partial charge in [0, 0.05) is 44.2 Å². The molecule has 2 unspecified atom stereocenters. The molecule has 1 aliphatic carbocycles. The lowest BCUT2D eigenvalue weighted by Gasteiger charge is -2.42. The smallest absolute Gasteiger partial charge is 0.381 e. The molecule has 2 atom stereocenters. The van der Waals surface area contributed by atoms with Gasteiger partial charge in [0.05, 0.1) is 27.9 Å². The zero-order valence-corrected chi connectivity index (χ0v) is 24.9. The molecule has 1 N–H and O–H groups in total. The molecule has 1 saturated carbocycles. The Labute approximate surface area is 244 Å². The maximum Gasteiger partial charge on any atom is 0.439 e. The average molecular weight is 580 g/mol. The number of halogens is 1. The van der Waals surface area contributed by atoms with Crippen molar-refractivity contribution in [2.75, 3.05) is 18.6 Å². The van der Waals surface area contributed by atoms with Gasteiger partial charge in [0.2, 0.25) is 11.8 Å². The number of rotatable bonds is 7. The van der Waals surface area contributed by atoms with Crippen LogP contribution in [0.4, 0.5) is 5.95 Å². The number of ether oxygens (including phenoxy) is 1. The fourth-order valence-corrected chi connectivity index (χ4v) is 6.74. The summed E-state index contributed by atoms with van der Waals surface area (Å²) in [5.74, 6) is 2.31. The molecule has 1 saturated heterocycles. The van der Waals surface area contributed by atoms with E-state index in [9.17, 15) is 4.79 Å². The van der Waals surface area contributed by atoms with Gasteiger partial charge < -0.3 is 14.2 Å². The van der Waals surface area contributed by atoms with Crippen LogP contribution in [0.25, 0.3) is 33.8 Å². The van der Waals surface area contributed by atoms with Gasteiger partial charge >= 0.3 is 5.76 Å². The summed E-state index contributed by atoms with van der Waals surface area (Å²) in [4.78, 5) is 31.6. The molecule has 11 heteroatoms. The summed E-state index contributed by atoms with van der Waals surface area (Å²) in [6, 6.07) is 4.04. The first-order valence-electron chi connectivity index (χ1n) is 14.7. The van der Waals surface area contributed by atoms with Gasteiger partial charge in [0.25, 0.3) is 0 Å². The van der Waals surface area contributed by atoms with Crippen molar-refractivity contribution < 1.29 is 9.26 Å².